The molecule has 0 aromatic carbocycles. The molecule has 2 aromatic heterocycles. The van der Waals surface area contributed by atoms with Crippen LogP contribution in [0, 0.1) is 0 Å². The predicted molar refractivity (Wildman–Crippen MR) is 63.9 cm³/mol. The van der Waals surface area contributed by atoms with Crippen molar-refractivity contribution in [3.05, 3.63) is 21.8 Å². The van der Waals surface area contributed by atoms with Crippen molar-refractivity contribution in [2.75, 3.05) is 5.75 Å². The van der Waals surface area contributed by atoms with Crippen LogP contribution in [0.3, 0.4) is 0 Å². The van der Waals surface area contributed by atoms with E-state index in [4.69, 9.17) is 0 Å². The highest BCUT2D eigenvalue weighted by atomic mass is 32.2. The lowest BCUT2D eigenvalue weighted by Gasteiger charge is -2.09. The van der Waals surface area contributed by atoms with Crippen molar-refractivity contribution >= 4 is 33.3 Å². The summed E-state index contributed by atoms with van der Waals surface area (Å²) in [4.78, 5) is 16.7. The van der Waals surface area contributed by atoms with Gasteiger partial charge in [0.25, 0.3) is 5.56 Å². The van der Waals surface area contributed by atoms with Crippen LogP contribution in [-0.2, 0) is 0 Å². The molecule has 0 saturated carbocycles. The third-order valence-electron chi connectivity index (χ3n) is 2.72. The van der Waals surface area contributed by atoms with Gasteiger partial charge in [-0.1, -0.05) is 18.7 Å². The molecule has 0 N–H and O–H groups in total. The molecule has 15 heavy (non-hydrogen) atoms. The SMILES string of the molecule is CCC1CSc2nc3ccsc3c(=O)n21. The Kier molecular flexibility index (Phi) is 2.10. The van der Waals surface area contributed by atoms with E-state index in [2.05, 4.69) is 11.9 Å². The van der Waals surface area contributed by atoms with E-state index in [1.165, 1.54) is 11.3 Å². The molecule has 0 spiro atoms. The van der Waals surface area contributed by atoms with Crippen LogP contribution in [0.5, 0.6) is 0 Å². The summed E-state index contributed by atoms with van der Waals surface area (Å²) in [5, 5.41) is 2.82. The molecular weight excluding hydrogens is 228 g/mol. The maximum atomic E-state index is 12.2. The number of rotatable bonds is 1. The maximum absolute atomic E-state index is 12.2. The van der Waals surface area contributed by atoms with Gasteiger partial charge in [0.2, 0.25) is 0 Å². The highest BCUT2D eigenvalue weighted by Crippen LogP contribution is 2.33. The highest BCUT2D eigenvalue weighted by Gasteiger charge is 2.25. The molecule has 78 valence electrons. The van der Waals surface area contributed by atoms with Crippen LogP contribution in [0.1, 0.15) is 19.4 Å². The van der Waals surface area contributed by atoms with E-state index < -0.39 is 0 Å². The predicted octanol–water partition coefficient (Wildman–Crippen LogP) is 2.51. The van der Waals surface area contributed by atoms with Crippen molar-refractivity contribution < 1.29 is 0 Å². The average Bonchev–Trinajstić information content (AvgIpc) is 2.83. The van der Waals surface area contributed by atoms with Gasteiger partial charge >= 0.3 is 0 Å². The lowest BCUT2D eigenvalue weighted by molar-refractivity contribution is 0.497. The zero-order chi connectivity index (χ0) is 10.4. The molecule has 3 nitrogen and oxygen atoms in total. The number of nitrogens with zero attached hydrogens (tertiary/aromatic N) is 2. The van der Waals surface area contributed by atoms with Crippen LogP contribution >= 0.6 is 23.1 Å². The van der Waals surface area contributed by atoms with E-state index >= 15 is 0 Å². The summed E-state index contributed by atoms with van der Waals surface area (Å²) in [6.07, 6.45) is 0.998. The molecule has 0 radical (unpaired) electrons. The molecule has 0 amide bonds. The Morgan fingerprint density at radius 1 is 1.67 bits per heavy atom. The van der Waals surface area contributed by atoms with Gasteiger partial charge in [-0.05, 0) is 17.9 Å². The van der Waals surface area contributed by atoms with Crippen LogP contribution in [-0.4, -0.2) is 15.3 Å². The fourth-order valence-electron chi connectivity index (χ4n) is 1.87. The second-order valence-corrected chi connectivity index (χ2v) is 5.48. The number of fused-ring (bicyclic) bond motifs is 2. The van der Waals surface area contributed by atoms with Crippen molar-refractivity contribution in [1.29, 1.82) is 0 Å². The smallest absolute Gasteiger partial charge is 0.272 e. The third kappa shape index (κ3) is 1.26. The Labute approximate surface area is 95.1 Å². The molecule has 3 heterocycles. The Hall–Kier alpha value is -0.810. The Morgan fingerprint density at radius 2 is 2.53 bits per heavy atom. The van der Waals surface area contributed by atoms with Gasteiger partial charge in [-0.3, -0.25) is 9.36 Å². The quantitative estimate of drug-likeness (QED) is 0.716. The van der Waals surface area contributed by atoms with Gasteiger partial charge in [0.1, 0.15) is 4.70 Å². The topological polar surface area (TPSA) is 34.9 Å². The van der Waals surface area contributed by atoms with Crippen LogP contribution in [0.2, 0.25) is 0 Å². The zero-order valence-electron chi connectivity index (χ0n) is 8.27. The Balaban J connectivity index is 2.37. The summed E-state index contributed by atoms with van der Waals surface area (Å²) in [5.41, 5.74) is 0.988. The molecule has 0 bridgehead atoms. The van der Waals surface area contributed by atoms with Gasteiger partial charge in [0.05, 0.1) is 5.52 Å². The fraction of sp³-hybridized carbons (Fsp3) is 0.400. The maximum Gasteiger partial charge on any atom is 0.272 e. The Morgan fingerprint density at radius 3 is 3.33 bits per heavy atom. The third-order valence-corrected chi connectivity index (χ3v) is 4.71. The second kappa shape index (κ2) is 3.35. The minimum absolute atomic E-state index is 0.141. The first-order chi connectivity index (χ1) is 7.31. The summed E-state index contributed by atoms with van der Waals surface area (Å²) < 4.78 is 2.66. The molecule has 2 aromatic rings. The summed E-state index contributed by atoms with van der Waals surface area (Å²) in [6.45, 7) is 2.12. The Bertz CT molecular complexity index is 572. The van der Waals surface area contributed by atoms with Crippen LogP contribution < -0.4 is 5.56 Å². The first kappa shape index (κ1) is 9.42. The van der Waals surface area contributed by atoms with Crippen LogP contribution in [0.15, 0.2) is 21.4 Å². The van der Waals surface area contributed by atoms with Crippen molar-refractivity contribution in [1.82, 2.24) is 9.55 Å². The molecule has 1 unspecified atom stereocenters. The molecule has 0 aliphatic carbocycles. The number of hydrogen-bond acceptors (Lipinski definition) is 4. The summed E-state index contributed by atoms with van der Waals surface area (Å²) in [7, 11) is 0. The van der Waals surface area contributed by atoms with E-state index in [-0.39, 0.29) is 5.56 Å². The molecule has 1 atom stereocenters. The van der Waals surface area contributed by atoms with Gasteiger partial charge in [-0.15, -0.1) is 11.3 Å². The van der Waals surface area contributed by atoms with E-state index in [0.717, 1.165) is 27.5 Å². The first-order valence-corrected chi connectivity index (χ1v) is 6.80. The first-order valence-electron chi connectivity index (χ1n) is 4.93. The number of hydrogen-bond donors (Lipinski definition) is 0. The summed E-state index contributed by atoms with van der Waals surface area (Å²) in [5.74, 6) is 0.982. The highest BCUT2D eigenvalue weighted by molar-refractivity contribution is 7.99. The van der Waals surface area contributed by atoms with Gasteiger partial charge < -0.3 is 0 Å². The minimum Gasteiger partial charge on any atom is -0.282 e. The molecule has 0 fully saturated rings. The van der Waals surface area contributed by atoms with Crippen molar-refractivity contribution in [3.8, 4) is 0 Å². The lowest BCUT2D eigenvalue weighted by Crippen LogP contribution is -2.23. The van der Waals surface area contributed by atoms with Gasteiger partial charge in [-0.25, -0.2) is 4.98 Å². The van der Waals surface area contributed by atoms with Crippen molar-refractivity contribution in [3.63, 3.8) is 0 Å². The van der Waals surface area contributed by atoms with Gasteiger partial charge in [0.15, 0.2) is 5.16 Å². The lowest BCUT2D eigenvalue weighted by atomic mass is 10.2. The van der Waals surface area contributed by atoms with E-state index in [1.54, 1.807) is 11.8 Å². The summed E-state index contributed by atoms with van der Waals surface area (Å²) in [6, 6.07) is 2.25. The minimum atomic E-state index is 0.141. The van der Waals surface area contributed by atoms with E-state index in [9.17, 15) is 4.79 Å². The molecule has 0 saturated heterocycles. The fourth-order valence-corrected chi connectivity index (χ4v) is 3.90. The zero-order valence-corrected chi connectivity index (χ0v) is 9.90. The number of thioether (sulfide) groups is 1. The molecule has 1 aliphatic rings. The van der Waals surface area contributed by atoms with E-state index in [0.29, 0.717) is 6.04 Å². The molecule has 5 heteroatoms. The van der Waals surface area contributed by atoms with Crippen molar-refractivity contribution in [2.24, 2.45) is 0 Å². The monoisotopic (exact) mass is 238 g/mol. The molecule has 3 rings (SSSR count). The van der Waals surface area contributed by atoms with Crippen LogP contribution in [0.25, 0.3) is 10.2 Å². The number of aromatic nitrogens is 2. The van der Waals surface area contributed by atoms with Gasteiger partial charge in [-0.2, -0.15) is 0 Å². The molecular formula is C10H10N2OS2. The standard InChI is InChI=1S/C10H10N2OS2/c1-2-6-5-15-10-11-7-3-4-14-8(7)9(13)12(6)10/h3-4,6H,2,5H2,1H3. The molecule has 1 aliphatic heterocycles. The normalized spacial score (nSPS) is 19.7. The van der Waals surface area contributed by atoms with Crippen LogP contribution in [0.4, 0.5) is 0 Å². The second-order valence-electron chi connectivity index (χ2n) is 3.58. The average molecular weight is 238 g/mol. The van der Waals surface area contributed by atoms with Gasteiger partial charge in [0, 0.05) is 11.8 Å². The summed E-state index contributed by atoms with van der Waals surface area (Å²) >= 11 is 3.18. The van der Waals surface area contributed by atoms with Crippen molar-refractivity contribution in [2.45, 2.75) is 24.5 Å². The van der Waals surface area contributed by atoms with E-state index in [1.807, 2.05) is 16.0 Å². The largest absolute Gasteiger partial charge is 0.282 e. The number of thiophene rings is 1.